The summed E-state index contributed by atoms with van der Waals surface area (Å²) < 4.78 is 75.3. The van der Waals surface area contributed by atoms with E-state index < -0.39 is 24.3 Å². The van der Waals surface area contributed by atoms with Gasteiger partial charge in [-0.25, -0.2) is 14.6 Å². The molecule has 0 atom stereocenters. The van der Waals surface area contributed by atoms with E-state index in [1.165, 1.54) is 11.1 Å². The number of hydrogen-bond acceptors (Lipinski definition) is 8. The highest BCUT2D eigenvalue weighted by Crippen LogP contribution is 2.29. The predicted molar refractivity (Wildman–Crippen MR) is 133 cm³/mol. The number of nitrogens with one attached hydrogen (secondary N) is 1. The first-order valence-electron chi connectivity index (χ1n) is 11.4. The molecule has 2 aromatic carbocycles. The zero-order chi connectivity index (χ0) is 29.9. The van der Waals surface area contributed by atoms with Crippen LogP contribution in [0.3, 0.4) is 0 Å². The number of ether oxygens (including phenoxy) is 2. The summed E-state index contributed by atoms with van der Waals surface area (Å²) in [6.45, 7) is 5.45. The standard InChI is InChI=1S/C20H23N3O2S.2C2HF3O2/c1-24-17-5-6-18-19(12-17)26-20(22-18)21-13-15-3-2-4-16(11-15)14-23-7-9-25-10-8-23;2*3-2(4,5)1(6)7/h2-6,11-12H,7-10,13-14H2,1H3,(H,21,22);2*(H,6,7). The van der Waals surface area contributed by atoms with Crippen LogP contribution in [0.2, 0.25) is 0 Å². The molecule has 0 unspecified atom stereocenters. The summed E-state index contributed by atoms with van der Waals surface area (Å²) in [7, 11) is 1.69. The van der Waals surface area contributed by atoms with E-state index in [9.17, 15) is 26.3 Å². The van der Waals surface area contributed by atoms with E-state index in [1.54, 1.807) is 18.4 Å². The van der Waals surface area contributed by atoms with Crippen LogP contribution in [0.25, 0.3) is 10.2 Å². The Morgan fingerprint density at radius 3 is 2.12 bits per heavy atom. The van der Waals surface area contributed by atoms with Gasteiger partial charge in [0.05, 0.1) is 30.5 Å². The van der Waals surface area contributed by atoms with Gasteiger partial charge in [-0.3, -0.25) is 4.90 Å². The number of rotatable bonds is 6. The maximum absolute atomic E-state index is 10.6. The fourth-order valence-electron chi connectivity index (χ4n) is 3.14. The van der Waals surface area contributed by atoms with Gasteiger partial charge in [0.25, 0.3) is 0 Å². The Morgan fingerprint density at radius 2 is 1.57 bits per heavy atom. The number of benzene rings is 2. The largest absolute Gasteiger partial charge is 0.497 e. The quantitative estimate of drug-likeness (QED) is 0.337. The number of methoxy groups -OCH3 is 1. The van der Waals surface area contributed by atoms with E-state index in [1.807, 2.05) is 18.2 Å². The molecule has 220 valence electrons. The molecular formula is C24H25F6N3O6S. The van der Waals surface area contributed by atoms with Gasteiger partial charge in [0.15, 0.2) is 5.13 Å². The lowest BCUT2D eigenvalue weighted by Gasteiger charge is -2.26. The van der Waals surface area contributed by atoms with Gasteiger partial charge in [0.1, 0.15) is 5.75 Å². The molecule has 1 aliphatic heterocycles. The van der Waals surface area contributed by atoms with Crippen molar-refractivity contribution >= 4 is 38.6 Å². The minimum absolute atomic E-state index is 0.772. The van der Waals surface area contributed by atoms with E-state index >= 15 is 0 Å². The van der Waals surface area contributed by atoms with Crippen LogP contribution < -0.4 is 10.1 Å². The van der Waals surface area contributed by atoms with Gasteiger partial charge in [-0.05, 0) is 29.3 Å². The van der Waals surface area contributed by atoms with Gasteiger partial charge < -0.3 is 25.0 Å². The molecule has 40 heavy (non-hydrogen) atoms. The highest BCUT2D eigenvalue weighted by Gasteiger charge is 2.38. The first kappa shape index (κ1) is 32.6. The lowest BCUT2D eigenvalue weighted by molar-refractivity contribution is -0.193. The van der Waals surface area contributed by atoms with Gasteiger partial charge in [0.2, 0.25) is 0 Å². The number of carboxylic acid groups (broad SMARTS) is 2. The SMILES string of the molecule is COc1ccc2nc(NCc3cccc(CN4CCOCC4)c3)sc2c1.O=C(O)C(F)(F)F.O=C(O)C(F)(F)F. The molecule has 9 nitrogen and oxygen atoms in total. The van der Waals surface area contributed by atoms with Crippen LogP contribution >= 0.6 is 11.3 Å². The number of halogens is 6. The van der Waals surface area contributed by atoms with E-state index in [0.29, 0.717) is 0 Å². The highest BCUT2D eigenvalue weighted by atomic mass is 32.1. The van der Waals surface area contributed by atoms with Crippen molar-refractivity contribution in [1.29, 1.82) is 0 Å². The first-order valence-corrected chi connectivity index (χ1v) is 12.2. The van der Waals surface area contributed by atoms with E-state index in [2.05, 4.69) is 39.5 Å². The molecule has 0 aliphatic carbocycles. The van der Waals surface area contributed by atoms with Crippen LogP contribution in [0.5, 0.6) is 5.75 Å². The molecule has 1 aliphatic rings. The normalized spacial score (nSPS) is 13.9. The van der Waals surface area contributed by atoms with Gasteiger partial charge in [0, 0.05) is 26.2 Å². The molecule has 0 amide bonds. The number of thiazole rings is 1. The third-order valence-electron chi connectivity index (χ3n) is 5.03. The van der Waals surface area contributed by atoms with Gasteiger partial charge >= 0.3 is 24.3 Å². The van der Waals surface area contributed by atoms with Gasteiger partial charge in [-0.2, -0.15) is 26.3 Å². The number of hydrogen-bond donors (Lipinski definition) is 3. The van der Waals surface area contributed by atoms with Crippen molar-refractivity contribution in [2.24, 2.45) is 0 Å². The Hall–Kier alpha value is -3.63. The molecule has 3 aromatic rings. The second kappa shape index (κ2) is 14.7. The maximum Gasteiger partial charge on any atom is 0.490 e. The third-order valence-corrected chi connectivity index (χ3v) is 6.00. The van der Waals surface area contributed by atoms with Crippen molar-refractivity contribution in [3.8, 4) is 5.75 Å². The number of aliphatic carboxylic acids is 2. The Kier molecular flexibility index (Phi) is 11.9. The fourth-order valence-corrected chi connectivity index (χ4v) is 4.03. The zero-order valence-electron chi connectivity index (χ0n) is 20.9. The van der Waals surface area contributed by atoms with Crippen LogP contribution in [0.4, 0.5) is 31.5 Å². The summed E-state index contributed by atoms with van der Waals surface area (Å²) in [6, 6.07) is 14.7. The van der Waals surface area contributed by atoms with Gasteiger partial charge in [-0.15, -0.1) is 0 Å². The van der Waals surface area contributed by atoms with Crippen molar-refractivity contribution in [2.75, 3.05) is 38.7 Å². The molecule has 1 aromatic heterocycles. The molecule has 1 saturated heterocycles. The predicted octanol–water partition coefficient (Wildman–Crippen LogP) is 5.02. The lowest BCUT2D eigenvalue weighted by Crippen LogP contribution is -2.35. The molecule has 0 bridgehead atoms. The number of nitrogens with zero attached hydrogens (tertiary/aromatic N) is 2. The van der Waals surface area contributed by atoms with Gasteiger partial charge in [-0.1, -0.05) is 35.6 Å². The molecule has 4 rings (SSSR count). The zero-order valence-corrected chi connectivity index (χ0v) is 21.7. The van der Waals surface area contributed by atoms with Crippen molar-refractivity contribution in [3.05, 3.63) is 53.6 Å². The molecule has 0 spiro atoms. The minimum atomic E-state index is -5.08. The van der Waals surface area contributed by atoms with Crippen LogP contribution in [0.1, 0.15) is 11.1 Å². The molecule has 0 saturated carbocycles. The number of anilines is 1. The summed E-state index contributed by atoms with van der Waals surface area (Å²) >= 11 is 1.65. The summed E-state index contributed by atoms with van der Waals surface area (Å²) in [6.07, 6.45) is -10.2. The van der Waals surface area contributed by atoms with Crippen LogP contribution in [0, 0.1) is 0 Å². The fraction of sp³-hybridized carbons (Fsp3) is 0.375. The van der Waals surface area contributed by atoms with Crippen LogP contribution in [0.15, 0.2) is 42.5 Å². The Morgan fingerprint density at radius 1 is 1.00 bits per heavy atom. The molecular weight excluding hydrogens is 572 g/mol. The second-order valence-electron chi connectivity index (χ2n) is 8.02. The lowest BCUT2D eigenvalue weighted by atomic mass is 10.1. The number of carbonyl (C=O) groups is 2. The van der Waals surface area contributed by atoms with Crippen molar-refractivity contribution in [2.45, 2.75) is 25.4 Å². The summed E-state index contributed by atoms with van der Waals surface area (Å²) in [4.78, 5) is 24.9. The molecule has 3 N–H and O–H groups in total. The Balaban J connectivity index is 0.000000333. The summed E-state index contributed by atoms with van der Waals surface area (Å²) in [5, 5.41) is 18.6. The highest BCUT2D eigenvalue weighted by molar-refractivity contribution is 7.22. The first-order chi connectivity index (χ1) is 18.7. The number of carboxylic acids is 2. The number of morpholine rings is 1. The maximum atomic E-state index is 10.6. The molecule has 2 heterocycles. The number of fused-ring (bicyclic) bond motifs is 1. The van der Waals surface area contributed by atoms with Crippen molar-refractivity contribution < 1.29 is 55.6 Å². The van der Waals surface area contributed by atoms with E-state index in [4.69, 9.17) is 29.3 Å². The summed E-state index contributed by atoms with van der Waals surface area (Å²) in [5.74, 6) is -4.65. The Bertz CT molecular complexity index is 1240. The van der Waals surface area contributed by atoms with Crippen molar-refractivity contribution in [1.82, 2.24) is 9.88 Å². The third kappa shape index (κ3) is 11.2. The monoisotopic (exact) mass is 597 g/mol. The average molecular weight is 598 g/mol. The molecule has 16 heteroatoms. The van der Waals surface area contributed by atoms with E-state index in [-0.39, 0.29) is 0 Å². The minimum Gasteiger partial charge on any atom is -0.497 e. The number of alkyl halides is 6. The Labute approximate surface area is 227 Å². The second-order valence-corrected chi connectivity index (χ2v) is 9.05. The summed E-state index contributed by atoms with van der Waals surface area (Å²) in [5.41, 5.74) is 3.62. The molecule has 1 fully saturated rings. The smallest absolute Gasteiger partial charge is 0.490 e. The average Bonchev–Trinajstić information content (AvgIpc) is 3.30. The molecule has 0 radical (unpaired) electrons. The topological polar surface area (TPSA) is 121 Å². The number of aromatic nitrogens is 1. The van der Waals surface area contributed by atoms with Crippen molar-refractivity contribution in [3.63, 3.8) is 0 Å². The van der Waals surface area contributed by atoms with Crippen LogP contribution in [-0.4, -0.2) is 77.8 Å². The van der Waals surface area contributed by atoms with E-state index in [0.717, 1.165) is 60.5 Å². The van der Waals surface area contributed by atoms with Crippen LogP contribution in [-0.2, 0) is 27.4 Å².